The van der Waals surface area contributed by atoms with E-state index < -0.39 is 10.0 Å². The van der Waals surface area contributed by atoms with Crippen molar-refractivity contribution in [1.29, 1.82) is 0 Å². The number of nitrogens with zero attached hydrogens (tertiary/aromatic N) is 1. The first-order chi connectivity index (χ1) is 9.45. The number of benzene rings is 1. The summed E-state index contributed by atoms with van der Waals surface area (Å²) >= 11 is 4.91. The smallest absolute Gasteiger partial charge is 0.243 e. The molecule has 1 fully saturated rings. The summed E-state index contributed by atoms with van der Waals surface area (Å²) in [5.41, 5.74) is 6.15. The van der Waals surface area contributed by atoms with E-state index in [-0.39, 0.29) is 9.88 Å². The molecule has 0 saturated heterocycles. The number of thiocarbonyl (C=S) groups is 1. The summed E-state index contributed by atoms with van der Waals surface area (Å²) in [6.45, 7) is 2.96. The fourth-order valence-corrected chi connectivity index (χ4v) is 4.02. The van der Waals surface area contributed by atoms with Crippen molar-refractivity contribution in [3.63, 3.8) is 0 Å². The third-order valence-corrected chi connectivity index (χ3v) is 5.97. The first-order valence-electron chi connectivity index (χ1n) is 6.85. The van der Waals surface area contributed by atoms with Gasteiger partial charge in [-0.3, -0.25) is 0 Å². The van der Waals surface area contributed by atoms with E-state index in [1.807, 2.05) is 6.92 Å². The van der Waals surface area contributed by atoms with E-state index in [1.165, 1.54) is 6.42 Å². The Morgan fingerprint density at radius 1 is 1.45 bits per heavy atom. The third kappa shape index (κ3) is 3.19. The van der Waals surface area contributed by atoms with Crippen molar-refractivity contribution in [2.24, 2.45) is 11.7 Å². The van der Waals surface area contributed by atoms with E-state index >= 15 is 0 Å². The standard InChI is InChI=1S/C14H20N2O2S2/c1-2-16(10-11-5-3-6-11)20(17,18)13-8-4-7-12(9-13)14(15)19/h4,7-9,11H,2-3,5-6,10H2,1H3,(H2,15,19). The van der Waals surface area contributed by atoms with Gasteiger partial charge >= 0.3 is 0 Å². The second-order valence-corrected chi connectivity index (χ2v) is 7.52. The zero-order chi connectivity index (χ0) is 14.8. The molecule has 0 bridgehead atoms. The van der Waals surface area contributed by atoms with Gasteiger partial charge in [0.15, 0.2) is 0 Å². The van der Waals surface area contributed by atoms with Crippen LogP contribution in [0.5, 0.6) is 0 Å². The number of hydrogen-bond donors (Lipinski definition) is 1. The van der Waals surface area contributed by atoms with Crippen LogP contribution in [0.4, 0.5) is 0 Å². The van der Waals surface area contributed by atoms with Crippen LogP contribution >= 0.6 is 12.2 Å². The molecule has 2 N–H and O–H groups in total. The van der Waals surface area contributed by atoms with Crippen LogP contribution in [-0.2, 0) is 10.0 Å². The zero-order valence-corrected chi connectivity index (χ0v) is 13.2. The predicted octanol–water partition coefficient (Wildman–Crippen LogP) is 2.13. The molecular formula is C14H20N2O2S2. The van der Waals surface area contributed by atoms with Crippen molar-refractivity contribution in [2.45, 2.75) is 31.1 Å². The van der Waals surface area contributed by atoms with E-state index in [0.29, 0.717) is 24.6 Å². The molecule has 1 aliphatic rings. The molecule has 1 aliphatic carbocycles. The van der Waals surface area contributed by atoms with Crippen LogP contribution in [0.3, 0.4) is 0 Å². The Morgan fingerprint density at radius 2 is 2.15 bits per heavy atom. The minimum Gasteiger partial charge on any atom is -0.389 e. The van der Waals surface area contributed by atoms with Crippen molar-refractivity contribution in [3.8, 4) is 0 Å². The number of rotatable bonds is 6. The largest absolute Gasteiger partial charge is 0.389 e. The Labute approximate surface area is 126 Å². The molecule has 2 rings (SSSR count). The van der Waals surface area contributed by atoms with Crippen LogP contribution in [-0.4, -0.2) is 30.8 Å². The van der Waals surface area contributed by atoms with Crippen LogP contribution in [0.2, 0.25) is 0 Å². The van der Waals surface area contributed by atoms with E-state index in [9.17, 15) is 8.42 Å². The van der Waals surface area contributed by atoms with Gasteiger partial charge in [-0.05, 0) is 30.9 Å². The molecule has 0 aliphatic heterocycles. The van der Waals surface area contributed by atoms with Gasteiger partial charge < -0.3 is 5.73 Å². The van der Waals surface area contributed by atoms with Crippen LogP contribution in [0.25, 0.3) is 0 Å². The molecule has 0 spiro atoms. The summed E-state index contributed by atoms with van der Waals surface area (Å²) in [5, 5.41) is 0. The van der Waals surface area contributed by atoms with Gasteiger partial charge in [0.25, 0.3) is 0 Å². The third-order valence-electron chi connectivity index (χ3n) is 3.80. The average Bonchev–Trinajstić information content (AvgIpc) is 2.37. The highest BCUT2D eigenvalue weighted by atomic mass is 32.2. The molecule has 110 valence electrons. The molecule has 4 nitrogen and oxygen atoms in total. The summed E-state index contributed by atoms with van der Waals surface area (Å²) in [6.07, 6.45) is 3.46. The summed E-state index contributed by atoms with van der Waals surface area (Å²) in [6, 6.07) is 6.56. The van der Waals surface area contributed by atoms with Crippen LogP contribution in [0.15, 0.2) is 29.2 Å². The average molecular weight is 312 g/mol. The fraction of sp³-hybridized carbons (Fsp3) is 0.500. The van der Waals surface area contributed by atoms with Crippen molar-refractivity contribution >= 4 is 27.2 Å². The summed E-state index contributed by atoms with van der Waals surface area (Å²) in [7, 11) is -3.46. The lowest BCUT2D eigenvalue weighted by atomic mass is 9.85. The molecule has 0 atom stereocenters. The maximum atomic E-state index is 12.7. The van der Waals surface area contributed by atoms with Gasteiger partial charge in [-0.25, -0.2) is 8.42 Å². The van der Waals surface area contributed by atoms with E-state index in [0.717, 1.165) is 12.8 Å². The van der Waals surface area contributed by atoms with Crippen molar-refractivity contribution in [2.75, 3.05) is 13.1 Å². The van der Waals surface area contributed by atoms with E-state index in [4.69, 9.17) is 18.0 Å². The van der Waals surface area contributed by atoms with Crippen LogP contribution in [0.1, 0.15) is 31.7 Å². The Bertz CT molecular complexity index is 595. The molecule has 0 aromatic heterocycles. The van der Waals surface area contributed by atoms with Gasteiger partial charge in [-0.1, -0.05) is 37.7 Å². The molecule has 0 amide bonds. The van der Waals surface area contributed by atoms with Gasteiger partial charge in [0, 0.05) is 18.7 Å². The number of hydrogen-bond acceptors (Lipinski definition) is 3. The first-order valence-corrected chi connectivity index (χ1v) is 8.70. The zero-order valence-electron chi connectivity index (χ0n) is 11.6. The molecule has 1 saturated carbocycles. The van der Waals surface area contributed by atoms with Crippen molar-refractivity contribution < 1.29 is 8.42 Å². The second-order valence-electron chi connectivity index (χ2n) is 5.14. The maximum Gasteiger partial charge on any atom is 0.243 e. The predicted molar refractivity (Wildman–Crippen MR) is 84.1 cm³/mol. The van der Waals surface area contributed by atoms with Crippen LogP contribution < -0.4 is 5.73 Å². The Morgan fingerprint density at radius 3 is 2.65 bits per heavy atom. The summed E-state index contributed by atoms with van der Waals surface area (Å²) in [5.74, 6) is 0.503. The van der Waals surface area contributed by atoms with Gasteiger partial charge in [0.05, 0.1) is 4.90 Å². The SMILES string of the molecule is CCN(CC1CCC1)S(=O)(=O)c1cccc(C(N)=S)c1. The molecule has 0 heterocycles. The molecule has 20 heavy (non-hydrogen) atoms. The lowest BCUT2D eigenvalue weighted by molar-refractivity contribution is 0.250. The quantitative estimate of drug-likeness (QED) is 0.817. The Kier molecular flexibility index (Phi) is 4.78. The van der Waals surface area contributed by atoms with Gasteiger partial charge in [0.2, 0.25) is 10.0 Å². The summed E-state index contributed by atoms with van der Waals surface area (Å²) in [4.78, 5) is 0.480. The first kappa shape index (κ1) is 15.4. The number of nitrogens with two attached hydrogens (primary N) is 1. The molecule has 6 heteroatoms. The van der Waals surface area contributed by atoms with Gasteiger partial charge in [-0.15, -0.1) is 0 Å². The molecule has 1 aromatic carbocycles. The highest BCUT2D eigenvalue weighted by Gasteiger charge is 2.28. The molecular weight excluding hydrogens is 292 g/mol. The van der Waals surface area contributed by atoms with Crippen molar-refractivity contribution in [1.82, 2.24) is 4.31 Å². The van der Waals surface area contributed by atoms with Gasteiger partial charge in [0.1, 0.15) is 4.99 Å². The monoisotopic (exact) mass is 312 g/mol. The number of sulfonamides is 1. The van der Waals surface area contributed by atoms with Gasteiger partial charge in [-0.2, -0.15) is 4.31 Å². The summed E-state index contributed by atoms with van der Waals surface area (Å²) < 4.78 is 26.9. The lowest BCUT2D eigenvalue weighted by Crippen LogP contribution is -2.37. The molecule has 0 unspecified atom stereocenters. The minimum absolute atomic E-state index is 0.212. The molecule has 1 aromatic rings. The van der Waals surface area contributed by atoms with Crippen molar-refractivity contribution in [3.05, 3.63) is 29.8 Å². The highest BCUT2D eigenvalue weighted by molar-refractivity contribution is 7.89. The maximum absolute atomic E-state index is 12.7. The Hall–Kier alpha value is -0.980. The fourth-order valence-electron chi connectivity index (χ4n) is 2.32. The van der Waals surface area contributed by atoms with Crippen LogP contribution in [0, 0.1) is 5.92 Å². The highest BCUT2D eigenvalue weighted by Crippen LogP contribution is 2.29. The minimum atomic E-state index is -3.46. The second kappa shape index (κ2) is 6.20. The molecule has 0 radical (unpaired) electrons. The normalized spacial score (nSPS) is 16.1. The van der Waals surface area contributed by atoms with E-state index in [1.54, 1.807) is 28.6 Å². The van der Waals surface area contributed by atoms with E-state index in [2.05, 4.69) is 0 Å². The lowest BCUT2D eigenvalue weighted by Gasteiger charge is -2.31. The topological polar surface area (TPSA) is 63.4 Å². The Balaban J connectivity index is 2.27.